The number of aromatic amines is 1. The van der Waals surface area contributed by atoms with Crippen LogP contribution in [-0.4, -0.2) is 41.3 Å². The highest BCUT2D eigenvalue weighted by molar-refractivity contribution is 6.04. The Labute approximate surface area is 176 Å². The van der Waals surface area contributed by atoms with Crippen LogP contribution in [0.1, 0.15) is 76.8 Å². The number of Topliss-reactive ketones (excluding diaryl/α,β-unsaturated/α-hetero) is 1. The first-order valence-corrected chi connectivity index (χ1v) is 10.8. The van der Waals surface area contributed by atoms with Gasteiger partial charge in [0.15, 0.2) is 17.3 Å². The molecule has 1 aromatic heterocycles. The molecule has 5 rings (SSSR count). The molecule has 1 N–H and O–H groups in total. The molecule has 3 aliphatic rings. The van der Waals surface area contributed by atoms with Crippen LogP contribution in [0.5, 0.6) is 11.5 Å². The molecule has 0 saturated carbocycles. The van der Waals surface area contributed by atoms with Crippen molar-refractivity contribution in [2.45, 2.75) is 52.5 Å². The summed E-state index contributed by atoms with van der Waals surface area (Å²) in [5.41, 5.74) is 3.98. The normalized spacial score (nSPS) is 22.2. The van der Waals surface area contributed by atoms with Crippen molar-refractivity contribution in [1.82, 2.24) is 9.88 Å². The zero-order chi connectivity index (χ0) is 21.0. The molecule has 30 heavy (non-hydrogen) atoms. The summed E-state index contributed by atoms with van der Waals surface area (Å²) in [5, 5.41) is 0. The smallest absolute Gasteiger partial charge is 0.271 e. The Morgan fingerprint density at radius 2 is 1.93 bits per heavy atom. The number of ketones is 1. The number of nitrogens with one attached hydrogen (secondary N) is 1. The molecule has 0 unspecified atom stereocenters. The number of aromatic nitrogens is 1. The summed E-state index contributed by atoms with van der Waals surface area (Å²) < 4.78 is 11.4. The van der Waals surface area contributed by atoms with Gasteiger partial charge in [0.1, 0.15) is 18.9 Å². The van der Waals surface area contributed by atoms with Gasteiger partial charge in [-0.15, -0.1) is 0 Å². The first-order chi connectivity index (χ1) is 14.3. The van der Waals surface area contributed by atoms with Crippen LogP contribution in [0.15, 0.2) is 18.2 Å². The van der Waals surface area contributed by atoms with Crippen molar-refractivity contribution in [1.29, 1.82) is 0 Å². The number of rotatable bonds is 2. The molecule has 1 aromatic carbocycles. The minimum atomic E-state index is -0.0803. The maximum Gasteiger partial charge on any atom is 0.271 e. The highest BCUT2D eigenvalue weighted by Crippen LogP contribution is 2.40. The van der Waals surface area contributed by atoms with E-state index in [4.69, 9.17) is 9.47 Å². The molecule has 3 heterocycles. The lowest BCUT2D eigenvalue weighted by Crippen LogP contribution is -2.31. The summed E-state index contributed by atoms with van der Waals surface area (Å²) in [6.07, 6.45) is 3.18. The molecule has 158 valence electrons. The third kappa shape index (κ3) is 3.09. The molecule has 1 saturated heterocycles. The van der Waals surface area contributed by atoms with Gasteiger partial charge in [-0.3, -0.25) is 9.59 Å². The van der Waals surface area contributed by atoms with Gasteiger partial charge in [0.05, 0.1) is 6.04 Å². The van der Waals surface area contributed by atoms with E-state index in [1.54, 1.807) is 0 Å². The molecule has 6 nitrogen and oxygen atoms in total. The summed E-state index contributed by atoms with van der Waals surface area (Å²) in [7, 11) is 0. The molecule has 0 bridgehead atoms. The van der Waals surface area contributed by atoms with E-state index in [9.17, 15) is 9.59 Å². The number of benzene rings is 1. The summed E-state index contributed by atoms with van der Waals surface area (Å²) in [6, 6.07) is 5.97. The zero-order valence-electron chi connectivity index (χ0n) is 17.8. The van der Waals surface area contributed by atoms with Crippen LogP contribution in [0.2, 0.25) is 0 Å². The number of hydrogen-bond acceptors (Lipinski definition) is 4. The second-order valence-corrected chi connectivity index (χ2v) is 9.48. The second-order valence-electron chi connectivity index (χ2n) is 9.48. The van der Waals surface area contributed by atoms with Crippen molar-refractivity contribution in [2.75, 3.05) is 19.8 Å². The van der Waals surface area contributed by atoms with Crippen LogP contribution < -0.4 is 9.47 Å². The van der Waals surface area contributed by atoms with Crippen LogP contribution in [0.3, 0.4) is 0 Å². The number of carbonyl (C=O) groups is 2. The van der Waals surface area contributed by atoms with Crippen molar-refractivity contribution in [3.8, 4) is 11.5 Å². The van der Waals surface area contributed by atoms with Crippen LogP contribution in [-0.2, 0) is 6.42 Å². The summed E-state index contributed by atoms with van der Waals surface area (Å²) in [4.78, 5) is 31.5. The Bertz CT molecular complexity index is 1040. The Kier molecular flexibility index (Phi) is 4.42. The summed E-state index contributed by atoms with van der Waals surface area (Å²) in [5.74, 6) is 1.62. The van der Waals surface area contributed by atoms with Crippen molar-refractivity contribution in [2.24, 2.45) is 5.41 Å². The van der Waals surface area contributed by atoms with E-state index in [1.807, 2.05) is 30.0 Å². The third-order valence-electron chi connectivity index (χ3n) is 6.58. The Morgan fingerprint density at radius 3 is 2.73 bits per heavy atom. The minimum Gasteiger partial charge on any atom is -0.486 e. The van der Waals surface area contributed by atoms with E-state index in [-0.39, 0.29) is 23.1 Å². The Morgan fingerprint density at radius 1 is 1.17 bits per heavy atom. The fourth-order valence-corrected chi connectivity index (χ4v) is 5.21. The largest absolute Gasteiger partial charge is 0.486 e. The van der Waals surface area contributed by atoms with Gasteiger partial charge in [-0.2, -0.15) is 0 Å². The van der Waals surface area contributed by atoms with Gasteiger partial charge in [-0.25, -0.2) is 0 Å². The monoisotopic (exact) mass is 408 g/mol. The zero-order valence-corrected chi connectivity index (χ0v) is 17.8. The number of fused-ring (bicyclic) bond motifs is 2. The van der Waals surface area contributed by atoms with E-state index in [0.29, 0.717) is 31.9 Å². The first kappa shape index (κ1) is 19.2. The maximum absolute atomic E-state index is 13.6. The van der Waals surface area contributed by atoms with Crippen LogP contribution in [0.25, 0.3) is 0 Å². The lowest BCUT2D eigenvalue weighted by molar-refractivity contribution is 0.0728. The molecule has 1 atom stereocenters. The molecular formula is C24H28N2O4. The van der Waals surface area contributed by atoms with Gasteiger partial charge in [0, 0.05) is 24.2 Å². The first-order valence-electron chi connectivity index (χ1n) is 10.8. The number of carbonyl (C=O) groups excluding carboxylic acids is 2. The standard InChI is InChI=1S/C24H28N2O4/c1-14-21-16(12-24(2,3)13-18(21)27)25-22(14)23(28)26-8-4-5-17(26)15-6-7-19-20(11-15)30-10-9-29-19/h6-7,11,17,25H,4-5,8-10,12-13H2,1-3H3/t17-/m1/s1. The quantitative estimate of drug-likeness (QED) is 0.807. The number of nitrogens with zero attached hydrogens (tertiary/aromatic N) is 1. The molecule has 2 aliphatic heterocycles. The van der Waals surface area contributed by atoms with Gasteiger partial charge in [-0.1, -0.05) is 19.9 Å². The fraction of sp³-hybridized carbons (Fsp3) is 0.500. The molecule has 1 amide bonds. The van der Waals surface area contributed by atoms with Gasteiger partial charge in [-0.05, 0) is 54.9 Å². The van der Waals surface area contributed by atoms with Crippen LogP contribution in [0.4, 0.5) is 0 Å². The number of hydrogen-bond donors (Lipinski definition) is 1. The van der Waals surface area contributed by atoms with Crippen molar-refractivity contribution < 1.29 is 19.1 Å². The minimum absolute atomic E-state index is 0.000182. The maximum atomic E-state index is 13.6. The molecule has 6 heteroatoms. The highest BCUT2D eigenvalue weighted by atomic mass is 16.6. The van der Waals surface area contributed by atoms with Crippen molar-refractivity contribution in [3.63, 3.8) is 0 Å². The summed E-state index contributed by atoms with van der Waals surface area (Å²) >= 11 is 0. The van der Waals surface area contributed by atoms with E-state index < -0.39 is 0 Å². The highest BCUT2D eigenvalue weighted by Gasteiger charge is 2.38. The lowest BCUT2D eigenvalue weighted by Gasteiger charge is -2.28. The van der Waals surface area contributed by atoms with Gasteiger partial charge >= 0.3 is 0 Å². The second kappa shape index (κ2) is 6.89. The van der Waals surface area contributed by atoms with E-state index >= 15 is 0 Å². The topological polar surface area (TPSA) is 71.6 Å². The van der Waals surface area contributed by atoms with Gasteiger partial charge in [0.2, 0.25) is 0 Å². The van der Waals surface area contributed by atoms with Crippen molar-refractivity contribution in [3.05, 3.63) is 46.3 Å². The van der Waals surface area contributed by atoms with Crippen LogP contribution >= 0.6 is 0 Å². The summed E-state index contributed by atoms with van der Waals surface area (Å²) in [6.45, 7) is 7.91. The van der Waals surface area contributed by atoms with Gasteiger partial charge in [0.25, 0.3) is 5.91 Å². The molecule has 1 aliphatic carbocycles. The predicted octanol–water partition coefficient (Wildman–Crippen LogP) is 4.23. The number of amides is 1. The number of H-pyrrole nitrogens is 1. The van der Waals surface area contributed by atoms with Gasteiger partial charge < -0.3 is 19.4 Å². The van der Waals surface area contributed by atoms with E-state index in [0.717, 1.165) is 53.1 Å². The molecule has 0 radical (unpaired) electrons. The number of likely N-dealkylation sites (tertiary alicyclic amines) is 1. The molecule has 0 spiro atoms. The van der Waals surface area contributed by atoms with Crippen molar-refractivity contribution >= 4 is 11.7 Å². The average molecular weight is 408 g/mol. The Balaban J connectivity index is 1.46. The fourth-order valence-electron chi connectivity index (χ4n) is 5.21. The molecule has 1 fully saturated rings. The lowest BCUT2D eigenvalue weighted by atomic mass is 9.75. The third-order valence-corrected chi connectivity index (χ3v) is 6.58. The SMILES string of the molecule is Cc1c(C(=O)N2CCC[C@@H]2c2ccc3c(c2)OCCO3)[nH]c2c1C(=O)CC(C)(C)C2. The van der Waals surface area contributed by atoms with E-state index in [1.165, 1.54) is 0 Å². The predicted molar refractivity (Wildman–Crippen MR) is 112 cm³/mol. The molecular weight excluding hydrogens is 380 g/mol. The molecule has 2 aromatic rings. The van der Waals surface area contributed by atoms with E-state index in [2.05, 4.69) is 18.8 Å². The Hall–Kier alpha value is -2.76. The number of ether oxygens (including phenoxy) is 2. The van der Waals surface area contributed by atoms with Crippen LogP contribution in [0, 0.1) is 12.3 Å². The average Bonchev–Trinajstić information content (AvgIpc) is 3.31.